The minimum atomic E-state index is -0.418. The number of hydrogen-bond acceptors (Lipinski definition) is 4. The second kappa shape index (κ2) is 9.21. The number of rotatable bonds is 6. The number of methoxy groups -OCH3 is 1. The van der Waals surface area contributed by atoms with Crippen LogP contribution in [-0.2, 0) is 16.0 Å². The van der Waals surface area contributed by atoms with Gasteiger partial charge in [-0.15, -0.1) is 0 Å². The van der Waals surface area contributed by atoms with Crippen LogP contribution in [0.15, 0.2) is 48.5 Å². The third kappa shape index (κ3) is 5.00. The van der Waals surface area contributed by atoms with Crippen LogP contribution in [0.2, 0.25) is 0 Å². The Balaban J connectivity index is 1.43. The largest absolute Gasteiger partial charge is 0.497 e. The number of carbonyl (C=O) groups excluding carboxylic acids is 2. The van der Waals surface area contributed by atoms with Crippen LogP contribution in [0.25, 0.3) is 0 Å². The van der Waals surface area contributed by atoms with Gasteiger partial charge in [-0.25, -0.2) is 4.39 Å². The molecule has 7 heteroatoms. The van der Waals surface area contributed by atoms with Crippen LogP contribution in [0.4, 0.5) is 10.1 Å². The van der Waals surface area contributed by atoms with E-state index in [4.69, 9.17) is 4.74 Å². The minimum absolute atomic E-state index is 0.0736. The Kier molecular flexibility index (Phi) is 6.47. The van der Waals surface area contributed by atoms with Gasteiger partial charge in [-0.05, 0) is 35.9 Å². The minimum Gasteiger partial charge on any atom is -0.497 e. The number of anilines is 1. The number of benzene rings is 2. The number of carbonyl (C=O) groups is 2. The first-order valence-electron chi connectivity index (χ1n) is 9.23. The average molecular weight is 385 g/mol. The first-order valence-corrected chi connectivity index (χ1v) is 9.23. The number of nitrogens with one attached hydrogen (secondary N) is 1. The standard InChI is InChI=1S/C21H24FN3O3/c1-28-18-8-6-17(7-9-18)24-10-12-25(13-11-24)21(27)15-23-20(26)14-16-4-2-3-5-19(16)22/h2-9H,10-15H2,1H3,(H,23,26). The fourth-order valence-corrected chi connectivity index (χ4v) is 3.17. The van der Waals surface area contributed by atoms with Gasteiger partial charge in [0.2, 0.25) is 11.8 Å². The molecule has 0 bridgehead atoms. The van der Waals surface area contributed by atoms with Gasteiger partial charge in [0, 0.05) is 31.9 Å². The van der Waals surface area contributed by atoms with Crippen LogP contribution in [0, 0.1) is 5.82 Å². The fraction of sp³-hybridized carbons (Fsp3) is 0.333. The summed E-state index contributed by atoms with van der Waals surface area (Å²) < 4.78 is 18.8. The molecule has 1 heterocycles. The highest BCUT2D eigenvalue weighted by molar-refractivity contribution is 5.85. The van der Waals surface area contributed by atoms with Crippen LogP contribution in [0.1, 0.15) is 5.56 Å². The topological polar surface area (TPSA) is 61.9 Å². The lowest BCUT2D eigenvalue weighted by Gasteiger charge is -2.36. The smallest absolute Gasteiger partial charge is 0.242 e. The summed E-state index contributed by atoms with van der Waals surface area (Å²) in [5.41, 5.74) is 1.41. The highest BCUT2D eigenvalue weighted by atomic mass is 19.1. The second-order valence-corrected chi connectivity index (χ2v) is 6.61. The van der Waals surface area contributed by atoms with E-state index in [9.17, 15) is 14.0 Å². The molecule has 2 aromatic carbocycles. The van der Waals surface area contributed by atoms with Gasteiger partial charge in [-0.3, -0.25) is 9.59 Å². The zero-order chi connectivity index (χ0) is 19.9. The summed E-state index contributed by atoms with van der Waals surface area (Å²) in [5, 5.41) is 2.59. The number of amides is 2. The summed E-state index contributed by atoms with van der Waals surface area (Å²) >= 11 is 0. The molecule has 0 saturated carbocycles. The molecule has 0 aliphatic carbocycles. The fourth-order valence-electron chi connectivity index (χ4n) is 3.17. The highest BCUT2D eigenvalue weighted by Crippen LogP contribution is 2.20. The summed E-state index contributed by atoms with van der Waals surface area (Å²) in [6.45, 7) is 2.56. The van der Waals surface area contributed by atoms with Crippen LogP contribution in [-0.4, -0.2) is 56.5 Å². The quantitative estimate of drug-likeness (QED) is 0.824. The lowest BCUT2D eigenvalue weighted by Crippen LogP contribution is -2.51. The summed E-state index contributed by atoms with van der Waals surface area (Å²) in [6.07, 6.45) is -0.0782. The molecule has 0 atom stereocenters. The third-order valence-electron chi connectivity index (χ3n) is 4.82. The Hall–Kier alpha value is -3.09. The van der Waals surface area contributed by atoms with E-state index in [1.54, 1.807) is 30.2 Å². The number of piperazine rings is 1. The third-order valence-corrected chi connectivity index (χ3v) is 4.82. The van der Waals surface area contributed by atoms with E-state index in [1.807, 2.05) is 24.3 Å². The number of halogens is 1. The van der Waals surface area contributed by atoms with Crippen LogP contribution < -0.4 is 15.0 Å². The molecule has 2 aromatic rings. The summed E-state index contributed by atoms with van der Waals surface area (Å²) in [4.78, 5) is 28.3. The second-order valence-electron chi connectivity index (χ2n) is 6.61. The molecular formula is C21H24FN3O3. The number of nitrogens with zero attached hydrogens (tertiary/aromatic N) is 2. The van der Waals surface area contributed by atoms with Gasteiger partial charge < -0.3 is 19.9 Å². The van der Waals surface area contributed by atoms with E-state index in [0.717, 1.165) is 24.5 Å². The van der Waals surface area contributed by atoms with Crippen molar-refractivity contribution in [1.29, 1.82) is 0 Å². The van der Waals surface area contributed by atoms with Crippen LogP contribution in [0.5, 0.6) is 5.75 Å². The molecule has 148 valence electrons. The van der Waals surface area contributed by atoms with Gasteiger partial charge in [-0.1, -0.05) is 18.2 Å². The summed E-state index contributed by atoms with van der Waals surface area (Å²) in [7, 11) is 1.63. The molecule has 0 unspecified atom stereocenters. The van der Waals surface area contributed by atoms with Gasteiger partial charge in [-0.2, -0.15) is 0 Å². The SMILES string of the molecule is COc1ccc(N2CCN(C(=O)CNC(=O)Cc3ccccc3F)CC2)cc1. The molecule has 0 radical (unpaired) electrons. The summed E-state index contributed by atoms with van der Waals surface area (Å²) in [5.74, 6) is -0.103. The molecule has 0 spiro atoms. The Morgan fingerprint density at radius 3 is 2.36 bits per heavy atom. The van der Waals surface area contributed by atoms with Crippen molar-refractivity contribution in [2.24, 2.45) is 0 Å². The maximum absolute atomic E-state index is 13.6. The van der Waals surface area contributed by atoms with Gasteiger partial charge in [0.05, 0.1) is 20.1 Å². The van der Waals surface area contributed by atoms with Crippen molar-refractivity contribution in [2.45, 2.75) is 6.42 Å². The zero-order valence-corrected chi connectivity index (χ0v) is 15.9. The van der Waals surface area contributed by atoms with Gasteiger partial charge in [0.25, 0.3) is 0 Å². The van der Waals surface area contributed by atoms with Crippen LogP contribution >= 0.6 is 0 Å². The Morgan fingerprint density at radius 1 is 1.04 bits per heavy atom. The highest BCUT2D eigenvalue weighted by Gasteiger charge is 2.21. The van der Waals surface area contributed by atoms with Crippen LogP contribution in [0.3, 0.4) is 0 Å². The first kappa shape index (κ1) is 19.7. The Morgan fingerprint density at radius 2 is 1.71 bits per heavy atom. The van der Waals surface area contributed by atoms with E-state index >= 15 is 0 Å². The zero-order valence-electron chi connectivity index (χ0n) is 15.9. The predicted octanol–water partition coefficient (Wildman–Crippen LogP) is 1.84. The molecule has 2 amide bonds. The number of ether oxygens (including phenoxy) is 1. The molecule has 1 fully saturated rings. The molecule has 1 N–H and O–H groups in total. The van der Waals surface area contributed by atoms with Crippen molar-refractivity contribution in [3.05, 3.63) is 59.9 Å². The van der Waals surface area contributed by atoms with Crippen molar-refractivity contribution in [3.63, 3.8) is 0 Å². The average Bonchev–Trinajstić information content (AvgIpc) is 2.74. The maximum atomic E-state index is 13.6. The van der Waals surface area contributed by atoms with Gasteiger partial charge in [0.15, 0.2) is 0 Å². The summed E-state index contributed by atoms with van der Waals surface area (Å²) in [6, 6.07) is 14.0. The van der Waals surface area contributed by atoms with E-state index in [-0.39, 0.29) is 24.8 Å². The number of hydrogen-bond donors (Lipinski definition) is 1. The Bertz CT molecular complexity index is 818. The van der Waals surface area contributed by atoms with E-state index in [2.05, 4.69) is 10.2 Å². The lowest BCUT2D eigenvalue weighted by molar-refractivity contribution is -0.133. The maximum Gasteiger partial charge on any atom is 0.242 e. The molecule has 1 aliphatic rings. The molecule has 6 nitrogen and oxygen atoms in total. The van der Waals surface area contributed by atoms with Crippen molar-refractivity contribution in [1.82, 2.24) is 10.2 Å². The van der Waals surface area contributed by atoms with Crippen molar-refractivity contribution in [2.75, 3.05) is 44.7 Å². The van der Waals surface area contributed by atoms with Gasteiger partial charge in [0.1, 0.15) is 11.6 Å². The monoisotopic (exact) mass is 385 g/mol. The Labute approximate surface area is 163 Å². The van der Waals surface area contributed by atoms with E-state index < -0.39 is 5.82 Å². The molecule has 0 aromatic heterocycles. The normalized spacial score (nSPS) is 13.9. The van der Waals surface area contributed by atoms with E-state index in [1.165, 1.54) is 6.07 Å². The van der Waals surface area contributed by atoms with Gasteiger partial charge >= 0.3 is 0 Å². The lowest BCUT2D eigenvalue weighted by atomic mass is 10.1. The van der Waals surface area contributed by atoms with Crippen molar-refractivity contribution < 1.29 is 18.7 Å². The molecule has 1 saturated heterocycles. The van der Waals surface area contributed by atoms with E-state index in [0.29, 0.717) is 18.7 Å². The van der Waals surface area contributed by atoms with Crippen molar-refractivity contribution >= 4 is 17.5 Å². The molecular weight excluding hydrogens is 361 g/mol. The van der Waals surface area contributed by atoms with Crippen molar-refractivity contribution in [3.8, 4) is 5.75 Å². The predicted molar refractivity (Wildman–Crippen MR) is 105 cm³/mol. The molecule has 1 aliphatic heterocycles. The molecule has 3 rings (SSSR count). The molecule has 28 heavy (non-hydrogen) atoms. The first-order chi connectivity index (χ1) is 13.6.